The van der Waals surface area contributed by atoms with E-state index in [0.717, 1.165) is 10.8 Å². The van der Waals surface area contributed by atoms with Gasteiger partial charge in [0.2, 0.25) is 0 Å². The lowest BCUT2D eigenvalue weighted by molar-refractivity contribution is -0.156. The summed E-state index contributed by atoms with van der Waals surface area (Å²) in [6.45, 7) is 7.83. The molecule has 2 heterocycles. The van der Waals surface area contributed by atoms with Crippen molar-refractivity contribution < 1.29 is 32.9 Å². The van der Waals surface area contributed by atoms with E-state index in [0.29, 0.717) is 4.68 Å². The van der Waals surface area contributed by atoms with Gasteiger partial charge in [0, 0.05) is 11.8 Å². The van der Waals surface area contributed by atoms with Gasteiger partial charge in [0.05, 0.1) is 23.3 Å². The van der Waals surface area contributed by atoms with E-state index in [1.54, 1.807) is 20.8 Å². The fraction of sp³-hybridized carbons (Fsp3) is 0.538. The van der Waals surface area contributed by atoms with Gasteiger partial charge in [0.15, 0.2) is 36.1 Å². The zero-order chi connectivity index (χ0) is 31.6. The highest BCUT2D eigenvalue weighted by Gasteiger charge is 2.47. The van der Waals surface area contributed by atoms with Gasteiger partial charge in [0.25, 0.3) is 11.5 Å². The number of halogens is 5. The van der Waals surface area contributed by atoms with E-state index in [9.17, 15) is 19.2 Å². The van der Waals surface area contributed by atoms with Crippen molar-refractivity contribution in [3.05, 3.63) is 53.7 Å². The first-order chi connectivity index (χ1) is 19.6. The Labute approximate surface area is 267 Å². The summed E-state index contributed by atoms with van der Waals surface area (Å²) < 4.78 is 38.5. The third-order valence-corrected chi connectivity index (χ3v) is 7.57. The monoisotopic (exact) mass is 688 g/mol. The van der Waals surface area contributed by atoms with Crippen molar-refractivity contribution in [1.29, 1.82) is 0 Å². The van der Waals surface area contributed by atoms with Crippen LogP contribution in [0.15, 0.2) is 21.9 Å². The van der Waals surface area contributed by atoms with Crippen molar-refractivity contribution in [1.82, 2.24) is 9.24 Å². The third kappa shape index (κ3) is 7.58. The van der Waals surface area contributed by atoms with E-state index < -0.39 is 59.9 Å². The number of nitrogens with zero attached hydrogens (tertiary/aromatic N) is 2. The molecule has 0 spiro atoms. The van der Waals surface area contributed by atoms with Gasteiger partial charge in [-0.05, 0) is 32.3 Å². The lowest BCUT2D eigenvalue weighted by atomic mass is 10.1. The number of ether oxygens (including phenoxy) is 4. The number of methoxy groups -OCH3 is 1. The lowest BCUT2D eigenvalue weighted by Crippen LogP contribution is -2.51. The first kappa shape index (κ1) is 36.6. The Morgan fingerprint density at radius 2 is 1.77 bits per heavy atom. The normalized spacial score (nSPS) is 21.1. The Morgan fingerprint density at radius 3 is 2.33 bits per heavy atom. The number of aryl methyl sites for hydroxylation is 1. The molecule has 1 unspecified atom stereocenters. The largest absolute Gasteiger partial charge is 0.493 e. The maximum absolute atomic E-state index is 15.6. The molecule has 43 heavy (non-hydrogen) atoms. The molecule has 6 atom stereocenters. The number of esters is 1. The van der Waals surface area contributed by atoms with Gasteiger partial charge in [-0.15, -0.1) is 12.4 Å². The van der Waals surface area contributed by atoms with Crippen molar-refractivity contribution in [3.63, 3.8) is 0 Å². The van der Waals surface area contributed by atoms with Crippen LogP contribution in [-0.2, 0) is 25.5 Å². The number of hydrogen-bond acceptors (Lipinski definition) is 9. The molecule has 1 aliphatic rings. The molecule has 12 nitrogen and oxygen atoms in total. The summed E-state index contributed by atoms with van der Waals surface area (Å²) in [6, 6.07) is 0.316. The van der Waals surface area contributed by atoms with Gasteiger partial charge in [-0.1, -0.05) is 55.6 Å². The molecule has 2 aromatic rings. The van der Waals surface area contributed by atoms with Gasteiger partial charge < -0.3 is 24.7 Å². The fourth-order valence-electron chi connectivity index (χ4n) is 4.09. The average Bonchev–Trinajstić information content (AvgIpc) is 3.20. The topological polar surface area (TPSA) is 153 Å². The number of amides is 1. The van der Waals surface area contributed by atoms with E-state index in [1.807, 2.05) is 0 Å². The third-order valence-electron chi connectivity index (χ3n) is 6.66. The minimum atomic E-state index is -2.00. The molecular formula is C26H33Cl4FN4O8. The molecule has 1 amide bonds. The Kier molecular flexibility index (Phi) is 12.7. The van der Waals surface area contributed by atoms with Crippen LogP contribution in [0.5, 0.6) is 11.5 Å². The summed E-state index contributed by atoms with van der Waals surface area (Å²) >= 11 is 18.5. The zero-order valence-corrected chi connectivity index (χ0v) is 27.1. The zero-order valence-electron chi connectivity index (χ0n) is 24.1. The highest BCUT2D eigenvalue weighted by atomic mass is 35.5. The van der Waals surface area contributed by atoms with E-state index in [-0.39, 0.29) is 56.9 Å². The van der Waals surface area contributed by atoms with Crippen molar-refractivity contribution in [2.45, 2.75) is 77.8 Å². The van der Waals surface area contributed by atoms with Crippen LogP contribution in [0.25, 0.3) is 0 Å². The van der Waals surface area contributed by atoms with E-state index in [1.165, 1.54) is 27.0 Å². The Morgan fingerprint density at radius 1 is 1.16 bits per heavy atom. The second-order valence-corrected chi connectivity index (χ2v) is 11.1. The van der Waals surface area contributed by atoms with Crippen LogP contribution in [-0.4, -0.2) is 58.8 Å². The van der Waals surface area contributed by atoms with E-state index in [4.69, 9.17) is 59.5 Å². The second kappa shape index (κ2) is 15.0. The summed E-state index contributed by atoms with van der Waals surface area (Å²) in [5.41, 5.74) is 6.11. The minimum absolute atomic E-state index is 0. The number of rotatable bonds is 10. The van der Waals surface area contributed by atoms with Crippen LogP contribution in [0.4, 0.5) is 4.39 Å². The van der Waals surface area contributed by atoms with Gasteiger partial charge in [0.1, 0.15) is 11.1 Å². The predicted octanol–water partition coefficient (Wildman–Crippen LogP) is 3.65. The molecule has 3 rings (SSSR count). The molecule has 1 fully saturated rings. The molecule has 0 saturated carbocycles. The molecule has 1 saturated heterocycles. The van der Waals surface area contributed by atoms with Crippen LogP contribution in [0.3, 0.4) is 0 Å². The molecule has 17 heteroatoms. The number of nitrogens with one attached hydrogen (secondary N) is 1. The molecule has 240 valence electrons. The second-order valence-electron chi connectivity index (χ2n) is 9.94. The summed E-state index contributed by atoms with van der Waals surface area (Å²) in [4.78, 5) is 51.8. The highest BCUT2D eigenvalue weighted by Crippen LogP contribution is 2.45. The summed E-state index contributed by atoms with van der Waals surface area (Å²) in [5, 5.41) is -0.0212. The van der Waals surface area contributed by atoms with Crippen molar-refractivity contribution in [2.24, 2.45) is 11.7 Å². The Balaban J connectivity index is 0.00000645. The van der Waals surface area contributed by atoms with Crippen LogP contribution >= 0.6 is 47.2 Å². The number of carbonyl (C=O) groups is 2. The van der Waals surface area contributed by atoms with Crippen molar-refractivity contribution in [2.75, 3.05) is 12.5 Å². The van der Waals surface area contributed by atoms with Gasteiger partial charge >= 0.3 is 11.7 Å². The van der Waals surface area contributed by atoms with Crippen LogP contribution in [0.2, 0.25) is 15.1 Å². The van der Waals surface area contributed by atoms with Gasteiger partial charge in [-0.2, -0.15) is 4.68 Å². The lowest BCUT2D eigenvalue weighted by Gasteiger charge is -2.22. The number of alkyl halides is 1. The molecule has 1 aromatic heterocycles. The fourth-order valence-corrected chi connectivity index (χ4v) is 5.09. The first-order valence-corrected chi connectivity index (χ1v) is 14.1. The van der Waals surface area contributed by atoms with Gasteiger partial charge in [-0.25, -0.2) is 9.18 Å². The first-order valence-electron chi connectivity index (χ1n) is 13.0. The Hall–Kier alpha value is -2.55. The maximum Gasteiger partial charge on any atom is 0.352 e. The molecular weight excluding hydrogens is 657 g/mol. The number of nitrogens with two attached hydrogens (primary N) is 1. The standard InChI is InChI=1S/C26H32Cl3FN4O8.ClH/c1-7-13-9-33(24-17(30)19(11(4)41-24)42-25(37)18(31)10(2)3)26(38)34(23(13)36)32-22(35)12(5)40-21-15(28)8-14(27)20(39-6)16(21)29;/h8-12,17-19,24H,7,31H2,1-6H3,(H,32,35);1H/t11-,12?,17+,18+,19-,24-;/m1./s1. The van der Waals surface area contributed by atoms with Crippen molar-refractivity contribution in [3.8, 4) is 11.5 Å². The quantitative estimate of drug-likeness (QED) is 0.356. The number of benzene rings is 1. The molecule has 0 radical (unpaired) electrons. The number of aromatic nitrogens is 2. The highest BCUT2D eigenvalue weighted by molar-refractivity contribution is 6.42. The molecule has 3 N–H and O–H groups in total. The van der Waals surface area contributed by atoms with Crippen molar-refractivity contribution >= 4 is 59.1 Å². The van der Waals surface area contributed by atoms with E-state index >= 15 is 4.39 Å². The number of hydrogen-bond donors (Lipinski definition) is 2. The smallest absolute Gasteiger partial charge is 0.352 e. The molecule has 1 aromatic carbocycles. The number of carbonyl (C=O) groups excluding carboxylic acids is 2. The molecule has 0 bridgehead atoms. The van der Waals surface area contributed by atoms with E-state index in [2.05, 4.69) is 5.43 Å². The minimum Gasteiger partial charge on any atom is -0.493 e. The maximum atomic E-state index is 15.6. The SMILES string of the molecule is CCc1cn([C@@H]2O[C@H](C)[C@@H](OC(=O)[C@@H](N)C(C)C)[C@@H]2F)c(=O)n(NC(=O)C(C)Oc2c(Cl)cc(Cl)c(OC)c2Cl)c1=O.Cl. The average molecular weight is 690 g/mol. The summed E-state index contributed by atoms with van der Waals surface area (Å²) in [5.74, 6) is -2.09. The van der Waals surface area contributed by atoms with Crippen LogP contribution < -0.4 is 31.9 Å². The summed E-state index contributed by atoms with van der Waals surface area (Å²) in [7, 11) is 1.32. The van der Waals surface area contributed by atoms with Crippen LogP contribution in [0, 0.1) is 5.92 Å². The molecule has 0 aliphatic carbocycles. The Bertz CT molecular complexity index is 1470. The van der Waals surface area contributed by atoms with Gasteiger partial charge in [-0.3, -0.25) is 24.4 Å². The summed E-state index contributed by atoms with van der Waals surface area (Å²) in [6.07, 6.45) is -6.00. The molecule has 1 aliphatic heterocycles. The van der Waals surface area contributed by atoms with Crippen LogP contribution in [0.1, 0.15) is 46.4 Å². The predicted molar refractivity (Wildman–Crippen MR) is 161 cm³/mol.